The van der Waals surface area contributed by atoms with Crippen LogP contribution in [0, 0.1) is 6.92 Å². The number of aryl methyl sites for hydroxylation is 1. The second-order valence-electron chi connectivity index (χ2n) is 2.66. The molecule has 0 bridgehead atoms. The standard InChI is InChI=1S/C10H14S.CH2O/c1-3-7-11-10-6-4-5-9(2)8-10;1-2/h4-6,8H,3,7H2,1-2H3;1H2. The van der Waals surface area contributed by atoms with E-state index in [4.69, 9.17) is 4.79 Å². The lowest BCUT2D eigenvalue weighted by Gasteiger charge is -1.99. The van der Waals surface area contributed by atoms with Gasteiger partial charge in [-0.3, -0.25) is 0 Å². The van der Waals surface area contributed by atoms with Crippen molar-refractivity contribution in [2.45, 2.75) is 25.2 Å². The first kappa shape index (κ1) is 12.2. The monoisotopic (exact) mass is 196 g/mol. The van der Waals surface area contributed by atoms with Gasteiger partial charge < -0.3 is 4.79 Å². The average molecular weight is 196 g/mol. The minimum atomic E-state index is 1.23. The molecule has 0 radical (unpaired) electrons. The fraction of sp³-hybridized carbons (Fsp3) is 0.364. The van der Waals surface area contributed by atoms with Crippen LogP contribution >= 0.6 is 11.8 Å². The fourth-order valence-electron chi connectivity index (χ4n) is 0.925. The van der Waals surface area contributed by atoms with E-state index in [-0.39, 0.29) is 0 Å². The molecule has 1 aromatic carbocycles. The Labute approximate surface area is 84.5 Å². The van der Waals surface area contributed by atoms with Crippen LogP contribution in [0.3, 0.4) is 0 Å². The van der Waals surface area contributed by atoms with Crippen molar-refractivity contribution in [1.29, 1.82) is 0 Å². The molecule has 1 aromatic rings. The maximum atomic E-state index is 8.00. The Morgan fingerprint density at radius 2 is 2.08 bits per heavy atom. The lowest BCUT2D eigenvalue weighted by atomic mass is 10.2. The SMILES string of the molecule is C=O.CCCSc1cccc(C)c1. The highest BCUT2D eigenvalue weighted by Gasteiger charge is 1.91. The summed E-state index contributed by atoms with van der Waals surface area (Å²) in [5.74, 6) is 1.23. The number of hydrogen-bond acceptors (Lipinski definition) is 2. The summed E-state index contributed by atoms with van der Waals surface area (Å²) in [6.45, 7) is 6.35. The highest BCUT2D eigenvalue weighted by molar-refractivity contribution is 7.99. The van der Waals surface area contributed by atoms with Crippen LogP contribution in [-0.2, 0) is 4.79 Å². The Morgan fingerprint density at radius 1 is 1.38 bits per heavy atom. The number of carbonyl (C=O) groups is 1. The summed E-state index contributed by atoms with van der Waals surface area (Å²) in [5, 5.41) is 0. The van der Waals surface area contributed by atoms with E-state index < -0.39 is 0 Å². The van der Waals surface area contributed by atoms with Gasteiger partial charge in [0.1, 0.15) is 6.79 Å². The molecule has 1 nitrogen and oxygen atoms in total. The van der Waals surface area contributed by atoms with Gasteiger partial charge in [-0.1, -0.05) is 24.6 Å². The van der Waals surface area contributed by atoms with Crippen molar-refractivity contribution < 1.29 is 4.79 Å². The number of benzene rings is 1. The fourth-order valence-corrected chi connectivity index (χ4v) is 1.81. The Balaban J connectivity index is 0.000000671. The van der Waals surface area contributed by atoms with Crippen molar-refractivity contribution in [2.75, 3.05) is 5.75 Å². The van der Waals surface area contributed by atoms with Crippen LogP contribution in [0.5, 0.6) is 0 Å². The van der Waals surface area contributed by atoms with Gasteiger partial charge >= 0.3 is 0 Å². The van der Waals surface area contributed by atoms with Crippen molar-refractivity contribution in [1.82, 2.24) is 0 Å². The lowest BCUT2D eigenvalue weighted by molar-refractivity contribution is -0.0979. The molecule has 0 N–H and O–H groups in total. The van der Waals surface area contributed by atoms with Crippen molar-refractivity contribution >= 4 is 18.6 Å². The third kappa shape index (κ3) is 5.47. The minimum absolute atomic E-state index is 1.23. The van der Waals surface area contributed by atoms with Crippen molar-refractivity contribution in [3.8, 4) is 0 Å². The maximum Gasteiger partial charge on any atom is 0.106 e. The lowest BCUT2D eigenvalue weighted by Crippen LogP contribution is -1.76. The molecule has 2 heteroatoms. The van der Waals surface area contributed by atoms with E-state index in [1.165, 1.54) is 22.6 Å². The van der Waals surface area contributed by atoms with E-state index >= 15 is 0 Å². The van der Waals surface area contributed by atoms with Crippen molar-refractivity contribution in [3.05, 3.63) is 29.8 Å². The first-order valence-electron chi connectivity index (χ1n) is 4.31. The van der Waals surface area contributed by atoms with E-state index in [1.54, 1.807) is 0 Å². The minimum Gasteiger partial charge on any atom is -0.307 e. The van der Waals surface area contributed by atoms with Crippen LogP contribution in [0.15, 0.2) is 29.2 Å². The second kappa shape index (κ2) is 7.87. The molecule has 0 heterocycles. The third-order valence-corrected chi connectivity index (χ3v) is 2.66. The van der Waals surface area contributed by atoms with Crippen LogP contribution in [-0.4, -0.2) is 12.5 Å². The van der Waals surface area contributed by atoms with E-state index in [9.17, 15) is 0 Å². The zero-order chi connectivity index (χ0) is 10.1. The molecule has 72 valence electrons. The first-order chi connectivity index (χ1) is 6.33. The number of hydrogen-bond donors (Lipinski definition) is 0. The predicted molar refractivity (Wildman–Crippen MR) is 59.3 cm³/mol. The Bertz CT molecular complexity index is 235. The molecule has 13 heavy (non-hydrogen) atoms. The van der Waals surface area contributed by atoms with Gasteiger partial charge in [-0.2, -0.15) is 0 Å². The van der Waals surface area contributed by atoms with Crippen molar-refractivity contribution in [3.63, 3.8) is 0 Å². The Morgan fingerprint density at radius 3 is 2.62 bits per heavy atom. The maximum absolute atomic E-state index is 8.00. The van der Waals surface area contributed by atoms with Crippen LogP contribution < -0.4 is 0 Å². The third-order valence-electron chi connectivity index (χ3n) is 1.46. The summed E-state index contributed by atoms with van der Waals surface area (Å²) in [6.07, 6.45) is 1.25. The predicted octanol–water partition coefficient (Wildman–Crippen LogP) is 3.31. The van der Waals surface area contributed by atoms with Crippen molar-refractivity contribution in [2.24, 2.45) is 0 Å². The highest BCUT2D eigenvalue weighted by Crippen LogP contribution is 2.19. The molecule has 0 saturated carbocycles. The first-order valence-corrected chi connectivity index (χ1v) is 5.30. The van der Waals surface area contributed by atoms with Gasteiger partial charge in [-0.05, 0) is 31.2 Å². The molecule has 1 rings (SSSR count). The Kier molecular flexibility index (Phi) is 7.41. The average Bonchev–Trinajstić information content (AvgIpc) is 2.18. The summed E-state index contributed by atoms with van der Waals surface area (Å²) in [5.41, 5.74) is 1.35. The summed E-state index contributed by atoms with van der Waals surface area (Å²) >= 11 is 1.93. The summed E-state index contributed by atoms with van der Waals surface area (Å²) < 4.78 is 0. The van der Waals surface area contributed by atoms with Gasteiger partial charge in [0.05, 0.1) is 0 Å². The van der Waals surface area contributed by atoms with Gasteiger partial charge in [0, 0.05) is 4.90 Å². The van der Waals surface area contributed by atoms with E-state index in [0.29, 0.717) is 0 Å². The molecule has 0 atom stereocenters. The molecule has 0 aromatic heterocycles. The van der Waals surface area contributed by atoms with Crippen LogP contribution in [0.2, 0.25) is 0 Å². The van der Waals surface area contributed by atoms with E-state index in [2.05, 4.69) is 38.1 Å². The van der Waals surface area contributed by atoms with Crippen LogP contribution in [0.4, 0.5) is 0 Å². The number of thioether (sulfide) groups is 1. The molecule has 0 aliphatic carbocycles. The van der Waals surface area contributed by atoms with Gasteiger partial charge in [0.25, 0.3) is 0 Å². The quantitative estimate of drug-likeness (QED) is 0.690. The molecule has 0 spiro atoms. The summed E-state index contributed by atoms with van der Waals surface area (Å²) in [6, 6.07) is 8.66. The molecule has 0 aliphatic rings. The summed E-state index contributed by atoms with van der Waals surface area (Å²) in [7, 11) is 0. The molecule has 0 amide bonds. The zero-order valence-electron chi connectivity index (χ0n) is 8.25. The van der Waals surface area contributed by atoms with Gasteiger partial charge in [-0.15, -0.1) is 11.8 Å². The molecule has 0 aliphatic heterocycles. The Hall–Kier alpha value is -0.760. The molecule has 0 saturated heterocycles. The largest absolute Gasteiger partial charge is 0.307 e. The second-order valence-corrected chi connectivity index (χ2v) is 3.83. The number of rotatable bonds is 3. The molecule has 0 unspecified atom stereocenters. The highest BCUT2D eigenvalue weighted by atomic mass is 32.2. The van der Waals surface area contributed by atoms with Crippen LogP contribution in [0.25, 0.3) is 0 Å². The van der Waals surface area contributed by atoms with Gasteiger partial charge in [0.15, 0.2) is 0 Å². The van der Waals surface area contributed by atoms with Gasteiger partial charge in [0.2, 0.25) is 0 Å². The normalized spacial score (nSPS) is 8.77. The topological polar surface area (TPSA) is 17.1 Å². The summed E-state index contributed by atoms with van der Waals surface area (Å²) in [4.78, 5) is 9.40. The molecular formula is C11H16OS. The molecular weight excluding hydrogens is 180 g/mol. The van der Waals surface area contributed by atoms with E-state index in [0.717, 1.165) is 0 Å². The van der Waals surface area contributed by atoms with E-state index in [1.807, 2.05) is 18.6 Å². The zero-order valence-corrected chi connectivity index (χ0v) is 9.06. The van der Waals surface area contributed by atoms with Gasteiger partial charge in [-0.25, -0.2) is 0 Å². The smallest absolute Gasteiger partial charge is 0.106 e. The molecule has 0 fully saturated rings. The number of carbonyl (C=O) groups excluding carboxylic acids is 1. The van der Waals surface area contributed by atoms with Crippen LogP contribution in [0.1, 0.15) is 18.9 Å².